The third-order valence-corrected chi connectivity index (χ3v) is 5.34. The number of sulfone groups is 1. The fraction of sp³-hybridized carbons (Fsp3) is 0.700. The molecule has 0 bridgehead atoms. The molecule has 7 heteroatoms. The molecule has 1 unspecified atom stereocenters. The Hall–Kier alpha value is -0.820. The number of anilines is 2. The lowest BCUT2D eigenvalue weighted by Gasteiger charge is -2.32. The fourth-order valence-corrected chi connectivity index (χ4v) is 4.16. The van der Waals surface area contributed by atoms with E-state index < -0.39 is 9.84 Å². The first-order chi connectivity index (χ1) is 7.89. The van der Waals surface area contributed by atoms with E-state index in [0.717, 1.165) is 17.8 Å². The van der Waals surface area contributed by atoms with Gasteiger partial charge in [0.2, 0.25) is 0 Å². The molecular weight excluding hydrogens is 258 g/mol. The van der Waals surface area contributed by atoms with Gasteiger partial charge in [-0.1, -0.05) is 6.42 Å². The molecular formula is C10H17N3O2S2. The van der Waals surface area contributed by atoms with Gasteiger partial charge in [0.05, 0.1) is 0 Å². The lowest BCUT2D eigenvalue weighted by Crippen LogP contribution is -2.30. The van der Waals surface area contributed by atoms with Gasteiger partial charge in [-0.15, -0.1) is 0 Å². The summed E-state index contributed by atoms with van der Waals surface area (Å²) in [5.41, 5.74) is 5.61. The average molecular weight is 275 g/mol. The maximum Gasteiger partial charge on any atom is 0.182 e. The van der Waals surface area contributed by atoms with Crippen LogP contribution in [0.2, 0.25) is 0 Å². The van der Waals surface area contributed by atoms with Crippen molar-refractivity contribution in [3.05, 3.63) is 0 Å². The van der Waals surface area contributed by atoms with Crippen LogP contribution < -0.4 is 11.1 Å². The summed E-state index contributed by atoms with van der Waals surface area (Å²) in [5.74, 6) is 0.728. The number of hydrogen-bond donors (Lipinski definition) is 2. The Balaban J connectivity index is 2.21. The molecule has 3 N–H and O–H groups in total. The van der Waals surface area contributed by atoms with Gasteiger partial charge in [-0.2, -0.15) is 4.37 Å². The number of aromatic nitrogens is 1. The summed E-state index contributed by atoms with van der Waals surface area (Å²) in [7, 11) is -3.32. The number of nitrogens with zero attached hydrogens (tertiary/aromatic N) is 1. The maximum absolute atomic E-state index is 11.6. The highest BCUT2D eigenvalue weighted by atomic mass is 32.2. The van der Waals surface area contributed by atoms with E-state index in [1.165, 1.54) is 19.3 Å². The van der Waals surface area contributed by atoms with E-state index in [1.54, 1.807) is 0 Å². The zero-order chi connectivity index (χ0) is 12.6. The van der Waals surface area contributed by atoms with Gasteiger partial charge < -0.3 is 11.1 Å². The predicted molar refractivity (Wildman–Crippen MR) is 70.1 cm³/mol. The van der Waals surface area contributed by atoms with E-state index in [1.807, 2.05) is 0 Å². The van der Waals surface area contributed by atoms with Gasteiger partial charge in [-0.25, -0.2) is 8.42 Å². The minimum Gasteiger partial charge on any atom is -0.382 e. The summed E-state index contributed by atoms with van der Waals surface area (Å²) in [5, 5.41) is 3.81. The zero-order valence-electron chi connectivity index (χ0n) is 9.93. The summed E-state index contributed by atoms with van der Waals surface area (Å²) in [6.45, 7) is 2.08. The molecule has 2 rings (SSSR count). The highest BCUT2D eigenvalue weighted by Crippen LogP contribution is 2.35. The van der Waals surface area contributed by atoms with E-state index in [4.69, 9.17) is 5.73 Å². The first-order valence-corrected chi connectivity index (χ1v) is 8.28. The molecule has 1 aliphatic rings. The van der Waals surface area contributed by atoms with Crippen LogP contribution in [0.5, 0.6) is 0 Å². The molecule has 0 amide bonds. The lowest BCUT2D eigenvalue weighted by molar-refractivity contribution is 0.285. The van der Waals surface area contributed by atoms with Gasteiger partial charge in [-0.05, 0) is 37.2 Å². The molecule has 0 saturated heterocycles. The van der Waals surface area contributed by atoms with Crippen LogP contribution in [-0.2, 0) is 9.84 Å². The quantitative estimate of drug-likeness (QED) is 0.874. The third kappa shape index (κ3) is 2.55. The largest absolute Gasteiger partial charge is 0.382 e. The van der Waals surface area contributed by atoms with Gasteiger partial charge in [0.1, 0.15) is 9.90 Å². The summed E-state index contributed by atoms with van der Waals surface area (Å²) < 4.78 is 27.2. The molecule has 1 aliphatic carbocycles. The molecule has 1 fully saturated rings. The Morgan fingerprint density at radius 3 is 2.65 bits per heavy atom. The van der Waals surface area contributed by atoms with E-state index in [0.29, 0.717) is 10.9 Å². The minimum atomic E-state index is -3.32. The molecule has 1 atom stereocenters. The smallest absolute Gasteiger partial charge is 0.182 e. The van der Waals surface area contributed by atoms with E-state index in [2.05, 4.69) is 16.6 Å². The van der Waals surface area contributed by atoms with Crippen molar-refractivity contribution in [2.45, 2.75) is 37.1 Å². The third-order valence-electron chi connectivity index (χ3n) is 3.26. The highest BCUT2D eigenvalue weighted by molar-refractivity contribution is 7.91. The molecule has 0 aliphatic heterocycles. The number of nitrogen functional groups attached to an aromatic ring is 1. The van der Waals surface area contributed by atoms with Crippen molar-refractivity contribution >= 4 is 32.2 Å². The van der Waals surface area contributed by atoms with Crippen molar-refractivity contribution in [1.82, 2.24) is 4.37 Å². The van der Waals surface area contributed by atoms with Gasteiger partial charge in [0.25, 0.3) is 0 Å². The molecule has 0 spiro atoms. The van der Waals surface area contributed by atoms with Gasteiger partial charge >= 0.3 is 0 Å². The molecule has 5 nitrogen and oxygen atoms in total. The SMILES string of the molecule is CC(Nc1snc(N)c1S(C)(=O)=O)C1CCC1. The van der Waals surface area contributed by atoms with Crippen molar-refractivity contribution in [3.8, 4) is 0 Å². The van der Waals surface area contributed by atoms with Gasteiger partial charge in [-0.3, -0.25) is 0 Å². The number of nitrogens with one attached hydrogen (secondary N) is 1. The molecule has 1 aromatic heterocycles. The second kappa shape index (κ2) is 4.45. The number of nitrogens with two attached hydrogens (primary N) is 1. The Morgan fingerprint density at radius 1 is 1.53 bits per heavy atom. The normalized spacial score (nSPS) is 18.7. The Kier molecular flexibility index (Phi) is 3.31. The van der Waals surface area contributed by atoms with E-state index >= 15 is 0 Å². The molecule has 96 valence electrons. The fourth-order valence-electron chi connectivity index (χ4n) is 2.01. The van der Waals surface area contributed by atoms with E-state index in [9.17, 15) is 8.42 Å². The Bertz CT molecular complexity index is 506. The second-order valence-electron chi connectivity index (χ2n) is 4.62. The van der Waals surface area contributed by atoms with Crippen molar-refractivity contribution < 1.29 is 8.42 Å². The predicted octanol–water partition coefficient (Wildman–Crippen LogP) is 1.73. The molecule has 1 saturated carbocycles. The highest BCUT2D eigenvalue weighted by Gasteiger charge is 2.27. The van der Waals surface area contributed by atoms with Crippen LogP contribution in [0.3, 0.4) is 0 Å². The van der Waals surface area contributed by atoms with Crippen LogP contribution in [0.4, 0.5) is 10.8 Å². The second-order valence-corrected chi connectivity index (χ2v) is 7.35. The topological polar surface area (TPSA) is 85.1 Å². The van der Waals surface area contributed by atoms with Crippen LogP contribution in [0.15, 0.2) is 4.90 Å². The zero-order valence-corrected chi connectivity index (χ0v) is 11.6. The van der Waals surface area contributed by atoms with Crippen molar-refractivity contribution in [3.63, 3.8) is 0 Å². The Labute approximate surface area is 105 Å². The molecule has 0 radical (unpaired) electrons. The average Bonchev–Trinajstić information content (AvgIpc) is 2.42. The molecule has 0 aromatic carbocycles. The first kappa shape index (κ1) is 12.6. The van der Waals surface area contributed by atoms with Crippen LogP contribution in [-0.4, -0.2) is 25.1 Å². The lowest BCUT2D eigenvalue weighted by atomic mass is 9.80. The molecule has 1 aromatic rings. The summed E-state index contributed by atoms with van der Waals surface area (Å²) in [6, 6.07) is 0.268. The number of rotatable bonds is 4. The van der Waals surface area contributed by atoms with Crippen LogP contribution in [0.1, 0.15) is 26.2 Å². The minimum absolute atomic E-state index is 0.0980. The monoisotopic (exact) mass is 275 g/mol. The van der Waals surface area contributed by atoms with Gasteiger partial charge in [0.15, 0.2) is 15.7 Å². The van der Waals surface area contributed by atoms with E-state index in [-0.39, 0.29) is 16.8 Å². The number of hydrogen-bond acceptors (Lipinski definition) is 6. The standard InChI is InChI=1S/C10H17N3O2S2/c1-6(7-4-3-5-7)12-10-8(17(2,14)15)9(11)13-16-10/h6-7,12H,3-5H2,1-2H3,(H2,11,13). The first-order valence-electron chi connectivity index (χ1n) is 5.61. The summed E-state index contributed by atoms with van der Waals surface area (Å²) in [6.07, 6.45) is 4.83. The van der Waals surface area contributed by atoms with Crippen molar-refractivity contribution in [2.24, 2.45) is 5.92 Å². The van der Waals surface area contributed by atoms with Gasteiger partial charge in [0, 0.05) is 12.3 Å². The summed E-state index contributed by atoms with van der Waals surface area (Å²) >= 11 is 1.12. The van der Waals surface area contributed by atoms with Crippen LogP contribution in [0.25, 0.3) is 0 Å². The van der Waals surface area contributed by atoms with Crippen LogP contribution in [0, 0.1) is 5.92 Å². The van der Waals surface area contributed by atoms with Crippen LogP contribution >= 0.6 is 11.5 Å². The van der Waals surface area contributed by atoms with Crippen molar-refractivity contribution in [1.29, 1.82) is 0 Å². The Morgan fingerprint density at radius 2 is 2.18 bits per heavy atom. The van der Waals surface area contributed by atoms with Crippen molar-refractivity contribution in [2.75, 3.05) is 17.3 Å². The maximum atomic E-state index is 11.6. The molecule has 1 heterocycles. The summed E-state index contributed by atoms with van der Waals surface area (Å²) in [4.78, 5) is 0.147. The molecule has 17 heavy (non-hydrogen) atoms.